The fourth-order valence-electron chi connectivity index (χ4n) is 4.91. The number of benzene rings is 2. The molecule has 0 heterocycles. The third kappa shape index (κ3) is 8.28. The number of anilines is 1. The van der Waals surface area contributed by atoms with Crippen molar-refractivity contribution in [3.8, 4) is 0 Å². The first-order chi connectivity index (χ1) is 17.6. The largest absolute Gasteiger partial charge is 0.352 e. The zero-order valence-corrected chi connectivity index (χ0v) is 22.8. The van der Waals surface area contributed by atoms with Crippen LogP contribution in [0.3, 0.4) is 0 Å². The molecular formula is C28H38FN3O4S. The molecule has 2 aromatic rings. The minimum absolute atomic E-state index is 0.0690. The molecular weight excluding hydrogens is 493 g/mol. The molecule has 0 bridgehead atoms. The van der Waals surface area contributed by atoms with E-state index in [9.17, 15) is 22.4 Å². The Bertz CT molecular complexity index is 1160. The molecule has 37 heavy (non-hydrogen) atoms. The molecule has 9 heteroatoms. The number of carbonyl (C=O) groups is 2. The van der Waals surface area contributed by atoms with Crippen LogP contribution in [0.25, 0.3) is 0 Å². The van der Waals surface area contributed by atoms with Crippen molar-refractivity contribution in [1.82, 2.24) is 10.2 Å². The van der Waals surface area contributed by atoms with Crippen molar-refractivity contribution in [2.24, 2.45) is 0 Å². The maximum Gasteiger partial charge on any atom is 0.243 e. The standard InChI is InChI=1S/C28H38FN3O4S/c1-4-26(28(34)30-24-11-5-6-12-24)31(20-22-10-7-9-21(2)19-22)27(33)13-8-18-32(37(3,35)36)25-16-14-23(29)15-17-25/h7,9-10,14-17,19,24,26H,4-6,8,11-13,18,20H2,1-3H3,(H,30,34). The van der Waals surface area contributed by atoms with E-state index in [0.717, 1.165) is 43.1 Å². The molecule has 0 aromatic heterocycles. The van der Waals surface area contributed by atoms with Gasteiger partial charge in [-0.2, -0.15) is 0 Å². The molecule has 0 aliphatic heterocycles. The zero-order chi connectivity index (χ0) is 27.0. The van der Waals surface area contributed by atoms with E-state index in [0.29, 0.717) is 18.7 Å². The molecule has 0 radical (unpaired) electrons. The lowest BCUT2D eigenvalue weighted by Crippen LogP contribution is -2.51. The van der Waals surface area contributed by atoms with E-state index in [-0.39, 0.29) is 37.2 Å². The number of halogens is 1. The summed E-state index contributed by atoms with van der Waals surface area (Å²) in [6, 6.07) is 12.6. The predicted octanol–water partition coefficient (Wildman–Crippen LogP) is 4.55. The van der Waals surface area contributed by atoms with Crippen molar-refractivity contribution >= 4 is 27.5 Å². The van der Waals surface area contributed by atoms with Crippen LogP contribution in [0.1, 0.15) is 63.0 Å². The van der Waals surface area contributed by atoms with Crippen LogP contribution in [0.2, 0.25) is 0 Å². The number of amides is 2. The van der Waals surface area contributed by atoms with Crippen molar-refractivity contribution in [2.75, 3.05) is 17.1 Å². The van der Waals surface area contributed by atoms with Crippen LogP contribution in [-0.4, -0.2) is 50.0 Å². The molecule has 202 valence electrons. The summed E-state index contributed by atoms with van der Waals surface area (Å²) in [5, 5.41) is 3.13. The van der Waals surface area contributed by atoms with Gasteiger partial charge >= 0.3 is 0 Å². The van der Waals surface area contributed by atoms with Crippen LogP contribution in [0.5, 0.6) is 0 Å². The van der Waals surface area contributed by atoms with Gasteiger partial charge in [-0.3, -0.25) is 13.9 Å². The van der Waals surface area contributed by atoms with Crippen molar-refractivity contribution in [2.45, 2.75) is 77.4 Å². The van der Waals surface area contributed by atoms with E-state index >= 15 is 0 Å². The lowest BCUT2D eigenvalue weighted by Gasteiger charge is -2.32. The maximum absolute atomic E-state index is 13.5. The van der Waals surface area contributed by atoms with Crippen LogP contribution < -0.4 is 9.62 Å². The smallest absolute Gasteiger partial charge is 0.243 e. The van der Waals surface area contributed by atoms with Gasteiger partial charge in [0.05, 0.1) is 11.9 Å². The van der Waals surface area contributed by atoms with Gasteiger partial charge in [-0.1, -0.05) is 49.6 Å². The molecule has 0 spiro atoms. The van der Waals surface area contributed by atoms with Crippen molar-refractivity contribution in [3.05, 3.63) is 65.5 Å². The number of hydrogen-bond donors (Lipinski definition) is 1. The first-order valence-corrected chi connectivity index (χ1v) is 14.8. The Labute approximate surface area is 220 Å². The molecule has 2 amide bonds. The zero-order valence-electron chi connectivity index (χ0n) is 22.0. The fourth-order valence-corrected chi connectivity index (χ4v) is 5.87. The Morgan fingerprint density at radius 3 is 2.38 bits per heavy atom. The molecule has 1 fully saturated rings. The second-order valence-electron chi connectivity index (χ2n) is 9.84. The summed E-state index contributed by atoms with van der Waals surface area (Å²) in [5.41, 5.74) is 2.34. The van der Waals surface area contributed by atoms with E-state index in [1.165, 1.54) is 28.6 Å². The molecule has 1 aliphatic carbocycles. The number of sulfonamides is 1. The summed E-state index contributed by atoms with van der Waals surface area (Å²) >= 11 is 0. The van der Waals surface area contributed by atoms with Crippen molar-refractivity contribution in [1.29, 1.82) is 0 Å². The highest BCUT2D eigenvalue weighted by Crippen LogP contribution is 2.22. The topological polar surface area (TPSA) is 86.8 Å². The molecule has 7 nitrogen and oxygen atoms in total. The lowest BCUT2D eigenvalue weighted by molar-refractivity contribution is -0.141. The second-order valence-corrected chi connectivity index (χ2v) is 11.7. The van der Waals surface area contributed by atoms with E-state index in [4.69, 9.17) is 0 Å². The predicted molar refractivity (Wildman–Crippen MR) is 144 cm³/mol. The monoisotopic (exact) mass is 531 g/mol. The summed E-state index contributed by atoms with van der Waals surface area (Å²) in [7, 11) is -3.63. The Hall–Kier alpha value is -2.94. The van der Waals surface area contributed by atoms with E-state index in [2.05, 4.69) is 5.32 Å². The maximum atomic E-state index is 13.5. The Balaban J connectivity index is 1.75. The highest BCUT2D eigenvalue weighted by molar-refractivity contribution is 7.92. The Morgan fingerprint density at radius 1 is 1.11 bits per heavy atom. The minimum Gasteiger partial charge on any atom is -0.352 e. The van der Waals surface area contributed by atoms with E-state index in [1.807, 2.05) is 38.1 Å². The average molecular weight is 532 g/mol. The number of nitrogens with one attached hydrogen (secondary N) is 1. The van der Waals surface area contributed by atoms with E-state index < -0.39 is 21.9 Å². The first kappa shape index (κ1) is 28.6. The summed E-state index contributed by atoms with van der Waals surface area (Å²) in [4.78, 5) is 28.4. The van der Waals surface area contributed by atoms with E-state index in [1.54, 1.807) is 4.90 Å². The highest BCUT2D eigenvalue weighted by Gasteiger charge is 2.30. The number of nitrogens with zero attached hydrogens (tertiary/aromatic N) is 2. The van der Waals surface area contributed by atoms with Gasteiger partial charge in [0.25, 0.3) is 0 Å². The van der Waals surface area contributed by atoms with Crippen LogP contribution >= 0.6 is 0 Å². The number of aryl methyl sites for hydroxylation is 1. The highest BCUT2D eigenvalue weighted by atomic mass is 32.2. The van der Waals surface area contributed by atoms with Gasteiger partial charge in [0.15, 0.2) is 0 Å². The Kier molecular flexibility index (Phi) is 10.1. The van der Waals surface area contributed by atoms with Crippen LogP contribution in [0.4, 0.5) is 10.1 Å². The molecule has 1 saturated carbocycles. The third-order valence-electron chi connectivity index (χ3n) is 6.79. The normalized spacial score (nSPS) is 14.8. The summed E-state index contributed by atoms with van der Waals surface area (Å²) in [5.74, 6) is -0.803. The van der Waals surface area contributed by atoms with Gasteiger partial charge in [0.2, 0.25) is 21.8 Å². The van der Waals surface area contributed by atoms with Gasteiger partial charge < -0.3 is 10.2 Å². The molecule has 0 saturated heterocycles. The summed E-state index contributed by atoms with van der Waals surface area (Å²) < 4.78 is 39.3. The molecule has 2 aromatic carbocycles. The Morgan fingerprint density at radius 2 is 1.78 bits per heavy atom. The second kappa shape index (κ2) is 13.0. The van der Waals surface area contributed by atoms with Crippen molar-refractivity contribution < 1.29 is 22.4 Å². The van der Waals surface area contributed by atoms with Crippen LogP contribution in [0.15, 0.2) is 48.5 Å². The molecule has 3 rings (SSSR count). The number of hydrogen-bond acceptors (Lipinski definition) is 4. The third-order valence-corrected chi connectivity index (χ3v) is 7.98. The SMILES string of the molecule is CCC(C(=O)NC1CCCC1)N(Cc1cccc(C)c1)C(=O)CCCN(c1ccc(F)cc1)S(C)(=O)=O. The van der Waals surface area contributed by atoms with Gasteiger partial charge in [-0.05, 0) is 62.4 Å². The minimum atomic E-state index is -3.63. The van der Waals surface area contributed by atoms with Gasteiger partial charge in [-0.25, -0.2) is 12.8 Å². The molecule has 1 atom stereocenters. The van der Waals surface area contributed by atoms with Crippen molar-refractivity contribution in [3.63, 3.8) is 0 Å². The lowest BCUT2D eigenvalue weighted by atomic mass is 10.1. The summed E-state index contributed by atoms with van der Waals surface area (Å²) in [6.45, 7) is 4.24. The molecule has 1 aliphatic rings. The molecule has 1 N–H and O–H groups in total. The average Bonchev–Trinajstić information content (AvgIpc) is 3.34. The van der Waals surface area contributed by atoms with Gasteiger partial charge in [-0.15, -0.1) is 0 Å². The van der Waals surface area contributed by atoms with Crippen LogP contribution in [-0.2, 0) is 26.2 Å². The number of carbonyl (C=O) groups excluding carboxylic acids is 2. The number of rotatable bonds is 12. The first-order valence-electron chi connectivity index (χ1n) is 13.0. The molecule has 1 unspecified atom stereocenters. The van der Waals surface area contributed by atoms with Gasteiger partial charge in [0, 0.05) is 25.6 Å². The fraction of sp³-hybridized carbons (Fsp3) is 0.500. The van der Waals surface area contributed by atoms with Crippen LogP contribution in [0, 0.1) is 12.7 Å². The summed E-state index contributed by atoms with van der Waals surface area (Å²) in [6.07, 6.45) is 6.00. The van der Waals surface area contributed by atoms with Gasteiger partial charge in [0.1, 0.15) is 11.9 Å². The quantitative estimate of drug-likeness (QED) is 0.436.